The van der Waals surface area contributed by atoms with Crippen molar-refractivity contribution in [2.24, 2.45) is 5.10 Å². The van der Waals surface area contributed by atoms with Crippen LogP contribution in [0.5, 0.6) is 5.75 Å². The third-order valence-corrected chi connectivity index (χ3v) is 2.37. The van der Waals surface area contributed by atoms with E-state index in [1.807, 2.05) is 37.4 Å². The van der Waals surface area contributed by atoms with Gasteiger partial charge in [0.15, 0.2) is 0 Å². The molecule has 15 heavy (non-hydrogen) atoms. The van der Waals surface area contributed by atoms with Crippen molar-refractivity contribution in [1.29, 1.82) is 0 Å². The number of benzene rings is 1. The van der Waals surface area contributed by atoms with Gasteiger partial charge in [-0.1, -0.05) is 4.68 Å². The van der Waals surface area contributed by atoms with Crippen LogP contribution in [0.15, 0.2) is 29.4 Å². The topological polar surface area (TPSA) is 47.7 Å². The lowest BCUT2D eigenvalue weighted by Crippen LogP contribution is -2.47. The molecule has 1 atom stereocenters. The molecule has 1 aromatic rings. The quantitative estimate of drug-likeness (QED) is 0.646. The molecule has 0 aromatic heterocycles. The van der Waals surface area contributed by atoms with Crippen molar-refractivity contribution in [2.75, 3.05) is 7.11 Å². The van der Waals surface area contributed by atoms with Gasteiger partial charge >= 0.3 is 0 Å². The highest BCUT2D eigenvalue weighted by Gasteiger charge is 2.26. The van der Waals surface area contributed by atoms with Gasteiger partial charge in [-0.15, -0.1) is 0 Å². The highest BCUT2D eigenvalue weighted by molar-refractivity contribution is 5.82. The molecule has 0 N–H and O–H groups in total. The number of rotatable bonds is 2. The summed E-state index contributed by atoms with van der Waals surface area (Å²) in [6.07, 6.45) is 1.84. The molecular weight excluding hydrogens is 192 g/mol. The molecule has 1 heterocycles. The predicted molar refractivity (Wildman–Crippen MR) is 55.3 cm³/mol. The first-order valence-electron chi connectivity index (χ1n) is 4.73. The van der Waals surface area contributed by atoms with E-state index in [4.69, 9.17) is 4.74 Å². The Hall–Kier alpha value is -1.84. The second-order valence-corrected chi connectivity index (χ2v) is 3.40. The molecule has 0 bridgehead atoms. The molecule has 4 heteroatoms. The summed E-state index contributed by atoms with van der Waals surface area (Å²) in [5, 5.41) is 14.6. The van der Waals surface area contributed by atoms with Crippen molar-refractivity contribution in [3.05, 3.63) is 29.8 Å². The Kier molecular flexibility index (Phi) is 2.41. The summed E-state index contributed by atoms with van der Waals surface area (Å²) in [6, 6.07) is 7.45. The van der Waals surface area contributed by atoms with Crippen LogP contribution in [0.2, 0.25) is 0 Å². The van der Waals surface area contributed by atoms with E-state index in [2.05, 4.69) is 5.10 Å². The van der Waals surface area contributed by atoms with Gasteiger partial charge in [-0.2, -0.15) is 0 Å². The van der Waals surface area contributed by atoms with Gasteiger partial charge in [-0.25, -0.2) is 0 Å². The molecule has 0 saturated carbocycles. The van der Waals surface area contributed by atoms with E-state index in [-0.39, 0.29) is 11.9 Å². The summed E-state index contributed by atoms with van der Waals surface area (Å²) in [5.41, 5.74) is 0.999. The lowest BCUT2D eigenvalue weighted by molar-refractivity contribution is -0.592. The van der Waals surface area contributed by atoms with Gasteiger partial charge in [0, 0.05) is 12.5 Å². The molecule has 1 aromatic carbocycles. The zero-order chi connectivity index (χ0) is 10.8. The van der Waals surface area contributed by atoms with E-state index >= 15 is 0 Å². The molecule has 4 nitrogen and oxygen atoms in total. The van der Waals surface area contributed by atoms with Gasteiger partial charge in [-0.3, -0.25) is 0 Å². The largest absolute Gasteiger partial charge is 0.853 e. The van der Waals surface area contributed by atoms with E-state index in [9.17, 15) is 5.11 Å². The summed E-state index contributed by atoms with van der Waals surface area (Å²) in [5.74, 6) is 0.747. The average Bonchev–Trinajstić information content (AvgIpc) is 2.29. The standard InChI is InChI=1S/C11H12N2O2/c1-8-11(14)12-13(8)7-9-3-5-10(15-2)6-4-9/h3-8H,1-2H3/b13-7-. The van der Waals surface area contributed by atoms with Crippen molar-refractivity contribution >= 4 is 12.1 Å². The fourth-order valence-corrected chi connectivity index (χ4v) is 1.32. The van der Waals surface area contributed by atoms with Gasteiger partial charge in [0.1, 0.15) is 11.6 Å². The molecule has 0 amide bonds. The number of hydrazone groups is 1. The zero-order valence-corrected chi connectivity index (χ0v) is 8.68. The lowest BCUT2D eigenvalue weighted by atomic mass is 10.2. The number of nitrogens with zero attached hydrogens (tertiary/aromatic N) is 2. The fraction of sp³-hybridized carbons (Fsp3) is 0.273. The summed E-state index contributed by atoms with van der Waals surface area (Å²) in [6.45, 7) is 1.83. The Labute approximate surface area is 88.1 Å². The summed E-state index contributed by atoms with van der Waals surface area (Å²) in [4.78, 5) is 0. The van der Waals surface area contributed by atoms with Gasteiger partial charge in [0.05, 0.1) is 7.11 Å². The van der Waals surface area contributed by atoms with Crippen molar-refractivity contribution in [1.82, 2.24) is 0 Å². The third-order valence-electron chi connectivity index (χ3n) is 2.37. The van der Waals surface area contributed by atoms with Gasteiger partial charge in [0.25, 0.3) is 0 Å². The molecule has 0 aliphatic carbocycles. The normalized spacial score (nSPS) is 22.1. The molecule has 1 aliphatic rings. The highest BCUT2D eigenvalue weighted by atomic mass is 16.5. The summed E-state index contributed by atoms with van der Waals surface area (Å²) < 4.78 is 6.70. The minimum Gasteiger partial charge on any atom is -0.853 e. The average molecular weight is 204 g/mol. The van der Waals surface area contributed by atoms with Crippen molar-refractivity contribution < 1.29 is 14.5 Å². The Morgan fingerprint density at radius 2 is 2.07 bits per heavy atom. The van der Waals surface area contributed by atoms with Crippen LogP contribution in [0.1, 0.15) is 12.5 Å². The number of ether oxygens (including phenoxy) is 1. The summed E-state index contributed by atoms with van der Waals surface area (Å²) in [7, 11) is 1.63. The molecule has 0 radical (unpaired) electrons. The minimum absolute atomic E-state index is 0.0697. The lowest BCUT2D eigenvalue weighted by Gasteiger charge is -2.20. The van der Waals surface area contributed by atoms with E-state index in [0.29, 0.717) is 0 Å². The van der Waals surface area contributed by atoms with Crippen molar-refractivity contribution in [3.63, 3.8) is 0 Å². The smallest absolute Gasteiger partial charge is 0.215 e. The predicted octanol–water partition coefficient (Wildman–Crippen LogP) is 0.202. The molecule has 78 valence electrons. The van der Waals surface area contributed by atoms with Crippen LogP contribution < -0.4 is 9.84 Å². The maximum atomic E-state index is 10.9. The van der Waals surface area contributed by atoms with Gasteiger partial charge in [0.2, 0.25) is 12.3 Å². The first kappa shape index (κ1) is 9.71. The van der Waals surface area contributed by atoms with Crippen molar-refractivity contribution in [3.8, 4) is 5.75 Å². The molecule has 0 spiro atoms. The van der Waals surface area contributed by atoms with Crippen LogP contribution in [-0.2, 0) is 0 Å². The second kappa shape index (κ2) is 3.73. The maximum Gasteiger partial charge on any atom is 0.215 e. The molecular formula is C11H12N2O2. The molecule has 1 unspecified atom stereocenters. The van der Waals surface area contributed by atoms with Crippen LogP contribution in [0, 0.1) is 0 Å². The summed E-state index contributed by atoms with van der Waals surface area (Å²) >= 11 is 0. The minimum atomic E-state index is -0.132. The monoisotopic (exact) mass is 204 g/mol. The van der Waals surface area contributed by atoms with Crippen LogP contribution in [0.3, 0.4) is 0 Å². The molecule has 2 rings (SSSR count). The maximum absolute atomic E-state index is 10.9. The van der Waals surface area contributed by atoms with E-state index in [0.717, 1.165) is 11.3 Å². The Morgan fingerprint density at radius 1 is 1.40 bits per heavy atom. The Bertz CT molecular complexity index is 421. The first-order chi connectivity index (χ1) is 7.20. The SMILES string of the molecule is COc1ccc(/C=[N+]2\N=C([O-])C2C)cc1. The highest BCUT2D eigenvalue weighted by Crippen LogP contribution is 2.11. The van der Waals surface area contributed by atoms with E-state index in [1.165, 1.54) is 0 Å². The molecule has 0 fully saturated rings. The number of methoxy groups -OCH3 is 1. The van der Waals surface area contributed by atoms with Crippen LogP contribution in [0.4, 0.5) is 0 Å². The van der Waals surface area contributed by atoms with Gasteiger partial charge < -0.3 is 9.84 Å². The van der Waals surface area contributed by atoms with E-state index < -0.39 is 0 Å². The number of hydrogen-bond donors (Lipinski definition) is 0. The second-order valence-electron chi connectivity index (χ2n) is 3.40. The van der Waals surface area contributed by atoms with Crippen molar-refractivity contribution in [2.45, 2.75) is 13.0 Å². The number of hydrogen-bond acceptors (Lipinski definition) is 3. The first-order valence-corrected chi connectivity index (χ1v) is 4.73. The Morgan fingerprint density at radius 3 is 2.53 bits per heavy atom. The fourth-order valence-electron chi connectivity index (χ4n) is 1.32. The van der Waals surface area contributed by atoms with Crippen LogP contribution in [0.25, 0.3) is 0 Å². The molecule has 0 saturated heterocycles. The molecule has 1 aliphatic heterocycles. The van der Waals surface area contributed by atoms with Crippen LogP contribution >= 0.6 is 0 Å². The zero-order valence-electron chi connectivity index (χ0n) is 8.68. The van der Waals surface area contributed by atoms with Crippen LogP contribution in [-0.4, -0.2) is 29.9 Å². The van der Waals surface area contributed by atoms with E-state index in [1.54, 1.807) is 11.8 Å². The third kappa shape index (κ3) is 1.83. The van der Waals surface area contributed by atoms with Gasteiger partial charge in [-0.05, 0) is 29.4 Å². The Balaban J connectivity index is 2.19.